The van der Waals surface area contributed by atoms with Gasteiger partial charge in [-0.2, -0.15) is 0 Å². The molecule has 0 amide bonds. The summed E-state index contributed by atoms with van der Waals surface area (Å²) < 4.78 is 5.29. The summed E-state index contributed by atoms with van der Waals surface area (Å²) in [4.78, 5) is 5.20. The number of anilines is 1. The number of benzene rings is 1. The van der Waals surface area contributed by atoms with Gasteiger partial charge in [-0.05, 0) is 57.2 Å². The molecule has 4 heteroatoms. The summed E-state index contributed by atoms with van der Waals surface area (Å²) in [5.41, 5.74) is 2.81. The molecule has 1 aromatic carbocycles. The number of aliphatic hydroxyl groups excluding tert-OH is 1. The molecule has 0 saturated carbocycles. The largest absolute Gasteiger partial charge is 0.396 e. The van der Waals surface area contributed by atoms with Crippen LogP contribution in [0.15, 0.2) is 24.3 Å². The second-order valence-corrected chi connectivity index (χ2v) is 7.98. The molecule has 140 valence electrons. The van der Waals surface area contributed by atoms with E-state index in [4.69, 9.17) is 4.74 Å². The Morgan fingerprint density at radius 2 is 1.96 bits per heavy atom. The fourth-order valence-electron chi connectivity index (χ4n) is 4.68. The SMILES string of the molecule is COCC[C@]1(CO)CCCN(C2CCN(c3ccccc3C)CC2)C1. The van der Waals surface area contributed by atoms with Gasteiger partial charge in [-0.1, -0.05) is 18.2 Å². The number of aryl methyl sites for hydroxylation is 1. The number of aliphatic hydroxyl groups is 1. The van der Waals surface area contributed by atoms with E-state index in [9.17, 15) is 5.11 Å². The van der Waals surface area contributed by atoms with Crippen molar-refractivity contribution >= 4 is 5.69 Å². The number of para-hydroxylation sites is 1. The van der Waals surface area contributed by atoms with Crippen LogP contribution in [0.3, 0.4) is 0 Å². The van der Waals surface area contributed by atoms with Crippen LogP contribution in [0, 0.1) is 12.3 Å². The second kappa shape index (κ2) is 8.52. The van der Waals surface area contributed by atoms with E-state index in [0.29, 0.717) is 6.04 Å². The van der Waals surface area contributed by atoms with E-state index in [1.165, 1.54) is 37.1 Å². The highest BCUT2D eigenvalue weighted by Crippen LogP contribution is 2.36. The number of hydrogen-bond donors (Lipinski definition) is 1. The molecule has 0 radical (unpaired) electrons. The standard InChI is InChI=1S/C21H34N2O2/c1-18-6-3-4-7-20(18)22-13-8-19(9-14-22)23-12-5-10-21(16-23,17-24)11-15-25-2/h3-4,6-7,19,24H,5,8-17H2,1-2H3/t21-/m1/s1. The Hall–Kier alpha value is -1.10. The van der Waals surface area contributed by atoms with Gasteiger partial charge < -0.3 is 14.7 Å². The zero-order chi connectivity index (χ0) is 17.7. The van der Waals surface area contributed by atoms with Crippen LogP contribution in [-0.2, 0) is 4.74 Å². The van der Waals surface area contributed by atoms with E-state index >= 15 is 0 Å². The van der Waals surface area contributed by atoms with Crippen molar-refractivity contribution in [2.24, 2.45) is 5.41 Å². The summed E-state index contributed by atoms with van der Waals surface area (Å²) in [7, 11) is 1.76. The first-order valence-electron chi connectivity index (χ1n) is 9.82. The molecule has 1 N–H and O–H groups in total. The van der Waals surface area contributed by atoms with Crippen molar-refractivity contribution in [3.8, 4) is 0 Å². The lowest BCUT2D eigenvalue weighted by Gasteiger charge is -2.47. The highest BCUT2D eigenvalue weighted by atomic mass is 16.5. The highest BCUT2D eigenvalue weighted by Gasteiger charge is 2.37. The van der Waals surface area contributed by atoms with Crippen molar-refractivity contribution in [3.05, 3.63) is 29.8 Å². The molecule has 0 bridgehead atoms. The lowest BCUT2D eigenvalue weighted by atomic mass is 9.77. The van der Waals surface area contributed by atoms with Crippen LogP contribution in [0.4, 0.5) is 5.69 Å². The second-order valence-electron chi connectivity index (χ2n) is 7.98. The number of rotatable bonds is 6. The molecule has 2 saturated heterocycles. The average molecular weight is 347 g/mol. The number of nitrogens with zero attached hydrogens (tertiary/aromatic N) is 2. The molecular formula is C21H34N2O2. The topological polar surface area (TPSA) is 35.9 Å². The summed E-state index contributed by atoms with van der Waals surface area (Å²) in [5.74, 6) is 0. The van der Waals surface area contributed by atoms with Gasteiger partial charge in [-0.15, -0.1) is 0 Å². The summed E-state index contributed by atoms with van der Waals surface area (Å²) in [6.45, 7) is 7.73. The Labute approximate surface area is 152 Å². The molecule has 2 fully saturated rings. The predicted molar refractivity (Wildman–Crippen MR) is 103 cm³/mol. The quantitative estimate of drug-likeness (QED) is 0.859. The molecule has 25 heavy (non-hydrogen) atoms. The van der Waals surface area contributed by atoms with Crippen molar-refractivity contribution in [3.63, 3.8) is 0 Å². The summed E-state index contributed by atoms with van der Waals surface area (Å²) in [5, 5.41) is 10.0. The van der Waals surface area contributed by atoms with Gasteiger partial charge in [0.05, 0.1) is 6.61 Å². The van der Waals surface area contributed by atoms with Crippen molar-refractivity contribution < 1.29 is 9.84 Å². The fraction of sp³-hybridized carbons (Fsp3) is 0.714. The van der Waals surface area contributed by atoms with Crippen LogP contribution in [0.25, 0.3) is 0 Å². The first-order valence-corrected chi connectivity index (χ1v) is 9.82. The summed E-state index contributed by atoms with van der Waals surface area (Å²) in [6.07, 6.45) is 5.74. The maximum absolute atomic E-state index is 10.0. The Morgan fingerprint density at radius 3 is 2.64 bits per heavy atom. The molecule has 2 aliphatic rings. The lowest BCUT2D eigenvalue weighted by molar-refractivity contribution is -0.0118. The van der Waals surface area contributed by atoms with Gasteiger partial charge in [0.1, 0.15) is 0 Å². The minimum Gasteiger partial charge on any atom is -0.396 e. The van der Waals surface area contributed by atoms with E-state index in [2.05, 4.69) is 41.0 Å². The first kappa shape index (κ1) is 18.7. The molecule has 0 unspecified atom stereocenters. The molecule has 2 aliphatic heterocycles. The van der Waals surface area contributed by atoms with Crippen LogP contribution in [-0.4, -0.2) is 62.6 Å². The van der Waals surface area contributed by atoms with Gasteiger partial charge in [0.15, 0.2) is 0 Å². The predicted octanol–water partition coefficient (Wildman–Crippen LogP) is 3.07. The van der Waals surface area contributed by atoms with Crippen LogP contribution in [0.5, 0.6) is 0 Å². The molecule has 3 rings (SSSR count). The van der Waals surface area contributed by atoms with Gasteiger partial charge in [0, 0.05) is 50.5 Å². The Bertz CT molecular complexity index is 542. The zero-order valence-electron chi connectivity index (χ0n) is 15.9. The van der Waals surface area contributed by atoms with Crippen molar-refractivity contribution in [1.29, 1.82) is 0 Å². The number of piperidine rings is 2. The molecule has 2 heterocycles. The maximum atomic E-state index is 10.0. The van der Waals surface area contributed by atoms with E-state index in [1.807, 2.05) is 0 Å². The Balaban J connectivity index is 1.58. The van der Waals surface area contributed by atoms with Gasteiger partial charge >= 0.3 is 0 Å². The molecule has 0 aliphatic carbocycles. The third-order valence-corrected chi connectivity index (χ3v) is 6.30. The molecule has 1 aromatic rings. The van der Waals surface area contributed by atoms with Gasteiger partial charge in [0.25, 0.3) is 0 Å². The normalized spacial score (nSPS) is 26.1. The number of likely N-dealkylation sites (tertiary alicyclic amines) is 1. The highest BCUT2D eigenvalue weighted by molar-refractivity contribution is 5.53. The summed E-state index contributed by atoms with van der Waals surface area (Å²) in [6, 6.07) is 9.38. The minimum absolute atomic E-state index is 0.0431. The first-order chi connectivity index (χ1) is 12.2. The van der Waals surface area contributed by atoms with Crippen LogP contribution < -0.4 is 4.90 Å². The molecule has 1 atom stereocenters. The fourth-order valence-corrected chi connectivity index (χ4v) is 4.68. The van der Waals surface area contributed by atoms with Crippen molar-refractivity contribution in [1.82, 2.24) is 4.90 Å². The molecule has 0 aromatic heterocycles. The van der Waals surface area contributed by atoms with Crippen molar-refractivity contribution in [2.75, 3.05) is 51.4 Å². The molecular weight excluding hydrogens is 312 g/mol. The van der Waals surface area contributed by atoms with E-state index in [1.54, 1.807) is 7.11 Å². The third kappa shape index (κ3) is 4.36. The Morgan fingerprint density at radius 1 is 1.20 bits per heavy atom. The maximum Gasteiger partial charge on any atom is 0.0500 e. The van der Waals surface area contributed by atoms with E-state index < -0.39 is 0 Å². The van der Waals surface area contributed by atoms with E-state index in [0.717, 1.165) is 39.1 Å². The van der Waals surface area contributed by atoms with E-state index in [-0.39, 0.29) is 12.0 Å². The van der Waals surface area contributed by atoms with Crippen LogP contribution in [0.2, 0.25) is 0 Å². The van der Waals surface area contributed by atoms with Gasteiger partial charge in [0.2, 0.25) is 0 Å². The number of methoxy groups -OCH3 is 1. The monoisotopic (exact) mass is 346 g/mol. The zero-order valence-corrected chi connectivity index (χ0v) is 15.9. The smallest absolute Gasteiger partial charge is 0.0500 e. The van der Waals surface area contributed by atoms with Crippen LogP contribution >= 0.6 is 0 Å². The van der Waals surface area contributed by atoms with Gasteiger partial charge in [-0.3, -0.25) is 4.90 Å². The van der Waals surface area contributed by atoms with Crippen molar-refractivity contribution in [2.45, 2.75) is 45.1 Å². The molecule has 0 spiro atoms. The van der Waals surface area contributed by atoms with Crippen LogP contribution in [0.1, 0.15) is 37.7 Å². The number of hydrogen-bond acceptors (Lipinski definition) is 4. The average Bonchev–Trinajstić information content (AvgIpc) is 2.67. The molecule has 4 nitrogen and oxygen atoms in total. The van der Waals surface area contributed by atoms with Gasteiger partial charge in [-0.25, -0.2) is 0 Å². The lowest BCUT2D eigenvalue weighted by Crippen LogP contribution is -2.53. The number of ether oxygens (including phenoxy) is 1. The summed E-state index contributed by atoms with van der Waals surface area (Å²) >= 11 is 0. The minimum atomic E-state index is 0.0431. The third-order valence-electron chi connectivity index (χ3n) is 6.30. The Kier molecular flexibility index (Phi) is 6.37.